The minimum Gasteiger partial charge on any atom is -0.370 e. The summed E-state index contributed by atoms with van der Waals surface area (Å²) in [5.41, 5.74) is 3.09. The van der Waals surface area contributed by atoms with Crippen LogP contribution >= 0.6 is 27.5 Å². The van der Waals surface area contributed by atoms with Crippen LogP contribution in [-0.4, -0.2) is 11.5 Å². The zero-order valence-corrected chi connectivity index (χ0v) is 13.1. The number of nitrogens with zero attached hydrogens (tertiary/aromatic N) is 1. The van der Waals surface area contributed by atoms with Crippen molar-refractivity contribution in [1.82, 2.24) is 4.98 Å². The molecule has 0 saturated heterocycles. The number of hydrogen-bond donors (Lipinski definition) is 1. The predicted molar refractivity (Wildman–Crippen MR) is 82.7 cm³/mol. The van der Waals surface area contributed by atoms with Crippen molar-refractivity contribution >= 4 is 44.3 Å². The molecule has 96 valence electrons. The zero-order chi connectivity index (χ0) is 13.3. The van der Waals surface area contributed by atoms with Crippen molar-refractivity contribution in [1.29, 1.82) is 0 Å². The number of hydrogen-bond acceptors (Lipinski definition) is 2. The number of fused-ring (bicyclic) bond motifs is 1. The van der Waals surface area contributed by atoms with Gasteiger partial charge in [0.15, 0.2) is 0 Å². The van der Waals surface area contributed by atoms with Crippen LogP contribution in [0.3, 0.4) is 0 Å². The van der Waals surface area contributed by atoms with E-state index in [4.69, 9.17) is 11.6 Å². The summed E-state index contributed by atoms with van der Waals surface area (Å²) in [6, 6.07) is 4.11. The maximum Gasteiger partial charge on any atom is 0.129 e. The lowest BCUT2D eigenvalue weighted by Crippen LogP contribution is -2.04. The average molecular weight is 328 g/mol. The van der Waals surface area contributed by atoms with Crippen LogP contribution < -0.4 is 5.32 Å². The SMILES string of the molecule is CCCNc1nc2c(Br)cc(C)c(Cl)c2cc1C. The largest absolute Gasteiger partial charge is 0.370 e. The maximum absolute atomic E-state index is 6.35. The molecule has 0 aliphatic rings. The first kappa shape index (κ1) is 13.6. The lowest BCUT2D eigenvalue weighted by atomic mass is 10.1. The Morgan fingerprint density at radius 3 is 2.67 bits per heavy atom. The van der Waals surface area contributed by atoms with Crippen LogP contribution in [-0.2, 0) is 0 Å². The van der Waals surface area contributed by atoms with E-state index in [0.29, 0.717) is 0 Å². The Labute approximate surface area is 121 Å². The van der Waals surface area contributed by atoms with Crippen molar-refractivity contribution in [2.24, 2.45) is 0 Å². The van der Waals surface area contributed by atoms with Crippen LogP contribution in [0.15, 0.2) is 16.6 Å². The van der Waals surface area contributed by atoms with Crippen molar-refractivity contribution < 1.29 is 0 Å². The number of nitrogens with one attached hydrogen (secondary N) is 1. The number of pyridine rings is 1. The molecule has 4 heteroatoms. The van der Waals surface area contributed by atoms with E-state index in [-0.39, 0.29) is 0 Å². The molecule has 0 amide bonds. The van der Waals surface area contributed by atoms with Crippen LogP contribution in [0, 0.1) is 13.8 Å². The summed E-state index contributed by atoms with van der Waals surface area (Å²) >= 11 is 9.91. The van der Waals surface area contributed by atoms with E-state index in [1.807, 2.05) is 13.0 Å². The molecule has 2 rings (SSSR count). The van der Waals surface area contributed by atoms with Crippen LogP contribution in [0.2, 0.25) is 5.02 Å². The third kappa shape index (κ3) is 2.47. The van der Waals surface area contributed by atoms with Gasteiger partial charge in [-0.05, 0) is 59.5 Å². The van der Waals surface area contributed by atoms with Gasteiger partial charge in [-0.15, -0.1) is 0 Å². The number of halogens is 2. The number of aromatic nitrogens is 1. The first-order valence-corrected chi connectivity index (χ1v) is 7.21. The topological polar surface area (TPSA) is 24.9 Å². The Kier molecular flexibility index (Phi) is 4.13. The maximum atomic E-state index is 6.35. The van der Waals surface area contributed by atoms with Gasteiger partial charge in [0.1, 0.15) is 5.82 Å². The molecular weight excluding hydrogens is 312 g/mol. The molecule has 2 nitrogen and oxygen atoms in total. The Morgan fingerprint density at radius 1 is 1.28 bits per heavy atom. The van der Waals surface area contributed by atoms with E-state index in [2.05, 4.69) is 46.1 Å². The number of aryl methyl sites for hydroxylation is 2. The molecule has 1 aromatic carbocycles. The lowest BCUT2D eigenvalue weighted by molar-refractivity contribution is 0.968. The van der Waals surface area contributed by atoms with E-state index < -0.39 is 0 Å². The van der Waals surface area contributed by atoms with Gasteiger partial charge in [-0.1, -0.05) is 18.5 Å². The minimum atomic E-state index is 0.783. The lowest BCUT2D eigenvalue weighted by Gasteiger charge is -2.12. The molecule has 2 aromatic rings. The number of benzene rings is 1. The number of anilines is 1. The Hall–Kier alpha value is -0.800. The van der Waals surface area contributed by atoms with Crippen LogP contribution in [0.4, 0.5) is 5.82 Å². The fourth-order valence-corrected chi connectivity index (χ4v) is 2.76. The van der Waals surface area contributed by atoms with Crippen molar-refractivity contribution in [3.05, 3.63) is 32.8 Å². The zero-order valence-electron chi connectivity index (χ0n) is 10.8. The Morgan fingerprint density at radius 2 is 2.00 bits per heavy atom. The van der Waals surface area contributed by atoms with E-state index in [0.717, 1.165) is 50.3 Å². The molecule has 0 fully saturated rings. The summed E-state index contributed by atoms with van der Waals surface area (Å²) in [5.74, 6) is 0.935. The van der Waals surface area contributed by atoms with Crippen LogP contribution in [0.25, 0.3) is 10.9 Å². The highest BCUT2D eigenvalue weighted by atomic mass is 79.9. The smallest absolute Gasteiger partial charge is 0.129 e. The third-order valence-corrected chi connectivity index (χ3v) is 4.01. The van der Waals surface area contributed by atoms with Crippen molar-refractivity contribution in [3.63, 3.8) is 0 Å². The highest BCUT2D eigenvalue weighted by Crippen LogP contribution is 2.34. The molecule has 1 heterocycles. The van der Waals surface area contributed by atoms with Crippen molar-refractivity contribution in [3.8, 4) is 0 Å². The molecule has 0 spiro atoms. The third-order valence-electron chi connectivity index (χ3n) is 2.91. The molecular formula is C14H16BrClN2. The standard InChI is InChI=1S/C14H16BrClN2/c1-4-5-17-14-9(3)6-10-12(16)8(2)7-11(15)13(10)18-14/h6-7H,4-5H2,1-3H3,(H,17,18). The summed E-state index contributed by atoms with van der Waals surface area (Å²) in [7, 11) is 0. The average Bonchev–Trinajstić information content (AvgIpc) is 2.34. The van der Waals surface area contributed by atoms with Crippen molar-refractivity contribution in [2.75, 3.05) is 11.9 Å². The summed E-state index contributed by atoms with van der Waals surface area (Å²) in [4.78, 5) is 4.67. The monoisotopic (exact) mass is 326 g/mol. The molecule has 0 aliphatic heterocycles. The van der Waals surface area contributed by atoms with Gasteiger partial charge in [0.25, 0.3) is 0 Å². The Balaban J connectivity index is 2.64. The fraction of sp³-hybridized carbons (Fsp3) is 0.357. The van der Waals surface area contributed by atoms with E-state index in [9.17, 15) is 0 Å². The Bertz CT molecular complexity index is 596. The molecule has 0 unspecified atom stereocenters. The second kappa shape index (κ2) is 5.45. The highest BCUT2D eigenvalue weighted by molar-refractivity contribution is 9.10. The second-order valence-electron chi connectivity index (χ2n) is 4.47. The van der Waals surface area contributed by atoms with Gasteiger partial charge >= 0.3 is 0 Å². The van der Waals surface area contributed by atoms with Crippen LogP contribution in [0.5, 0.6) is 0 Å². The van der Waals surface area contributed by atoms with E-state index in [1.165, 1.54) is 0 Å². The van der Waals surface area contributed by atoms with Gasteiger partial charge in [-0.3, -0.25) is 0 Å². The molecule has 0 aliphatic carbocycles. The second-order valence-corrected chi connectivity index (χ2v) is 5.70. The summed E-state index contributed by atoms with van der Waals surface area (Å²) < 4.78 is 0.985. The van der Waals surface area contributed by atoms with Gasteiger partial charge in [0.2, 0.25) is 0 Å². The summed E-state index contributed by atoms with van der Waals surface area (Å²) in [5, 5.41) is 5.13. The molecule has 0 bridgehead atoms. The van der Waals surface area contributed by atoms with Gasteiger partial charge < -0.3 is 5.32 Å². The quantitative estimate of drug-likeness (QED) is 0.849. The van der Waals surface area contributed by atoms with Gasteiger partial charge in [-0.2, -0.15) is 0 Å². The predicted octanol–water partition coefficient (Wildman–Crippen LogP) is 5.09. The molecule has 0 radical (unpaired) electrons. The molecule has 0 saturated carbocycles. The first-order chi connectivity index (χ1) is 8.54. The molecule has 1 N–H and O–H groups in total. The minimum absolute atomic E-state index is 0.783. The van der Waals surface area contributed by atoms with Crippen LogP contribution in [0.1, 0.15) is 24.5 Å². The molecule has 1 aromatic heterocycles. The van der Waals surface area contributed by atoms with E-state index >= 15 is 0 Å². The van der Waals surface area contributed by atoms with Gasteiger partial charge in [0.05, 0.1) is 10.5 Å². The van der Waals surface area contributed by atoms with Gasteiger partial charge in [-0.25, -0.2) is 4.98 Å². The molecule has 0 atom stereocenters. The van der Waals surface area contributed by atoms with E-state index in [1.54, 1.807) is 0 Å². The summed E-state index contributed by atoms with van der Waals surface area (Å²) in [6.45, 7) is 7.12. The molecule has 18 heavy (non-hydrogen) atoms. The van der Waals surface area contributed by atoms with Crippen molar-refractivity contribution in [2.45, 2.75) is 27.2 Å². The fourth-order valence-electron chi connectivity index (χ4n) is 1.92. The van der Waals surface area contributed by atoms with Gasteiger partial charge in [0, 0.05) is 16.4 Å². The highest BCUT2D eigenvalue weighted by Gasteiger charge is 2.11. The first-order valence-electron chi connectivity index (χ1n) is 6.04. The summed E-state index contributed by atoms with van der Waals surface area (Å²) in [6.07, 6.45) is 1.08. The number of rotatable bonds is 3. The normalized spacial score (nSPS) is 10.9.